The number of rotatable bonds is 5. The van der Waals surface area contributed by atoms with Gasteiger partial charge in [0.05, 0.1) is 12.8 Å². The number of methoxy groups -OCH3 is 1. The number of hydrogen-bond acceptors (Lipinski definition) is 5. The summed E-state index contributed by atoms with van der Waals surface area (Å²) in [6, 6.07) is 15.9. The van der Waals surface area contributed by atoms with Crippen LogP contribution in [0, 0.1) is 0 Å². The van der Waals surface area contributed by atoms with Gasteiger partial charge in [-0.05, 0) is 30.3 Å². The minimum absolute atomic E-state index is 0.227. The molecule has 0 saturated carbocycles. The van der Waals surface area contributed by atoms with Crippen molar-refractivity contribution >= 4 is 34.7 Å². The Kier molecular flexibility index (Phi) is 5.11. The van der Waals surface area contributed by atoms with Crippen molar-refractivity contribution in [2.45, 2.75) is 0 Å². The number of para-hydroxylation sites is 2. The summed E-state index contributed by atoms with van der Waals surface area (Å²) >= 11 is 5.96. The molecule has 1 aromatic heterocycles. The molecule has 0 fully saturated rings. The third-order valence-corrected chi connectivity index (χ3v) is 3.59. The van der Waals surface area contributed by atoms with Gasteiger partial charge in [-0.1, -0.05) is 29.8 Å². The maximum Gasteiger partial charge on any atom is 0.274 e. The van der Waals surface area contributed by atoms with Crippen LogP contribution in [0.2, 0.25) is 5.02 Å². The molecule has 0 aliphatic heterocycles. The summed E-state index contributed by atoms with van der Waals surface area (Å²) in [5.41, 5.74) is 1.56. The fourth-order valence-corrected chi connectivity index (χ4v) is 2.39. The van der Waals surface area contributed by atoms with Gasteiger partial charge in [0, 0.05) is 16.8 Å². The van der Waals surface area contributed by atoms with Crippen molar-refractivity contribution in [1.29, 1.82) is 0 Å². The Morgan fingerprint density at radius 1 is 1.08 bits per heavy atom. The van der Waals surface area contributed by atoms with Crippen molar-refractivity contribution in [3.05, 3.63) is 71.6 Å². The number of ether oxygens (including phenoxy) is 1. The highest BCUT2D eigenvalue weighted by molar-refractivity contribution is 6.30. The topological polar surface area (TPSA) is 76.1 Å². The molecule has 0 unspecified atom stereocenters. The van der Waals surface area contributed by atoms with Gasteiger partial charge in [0.2, 0.25) is 0 Å². The Bertz CT molecular complexity index is 902. The predicted octanol–water partition coefficient (Wildman–Crippen LogP) is 4.13. The van der Waals surface area contributed by atoms with Crippen LogP contribution in [0.3, 0.4) is 0 Å². The molecule has 25 heavy (non-hydrogen) atoms. The van der Waals surface area contributed by atoms with Gasteiger partial charge in [-0.15, -0.1) is 0 Å². The highest BCUT2D eigenvalue weighted by Crippen LogP contribution is 2.24. The van der Waals surface area contributed by atoms with E-state index in [1.807, 2.05) is 24.3 Å². The standard InChI is InChI=1S/C18H15ClN4O2/c1-25-16-8-3-2-7-14(16)23-18(24)15-10-17(21-11-20-15)22-13-6-4-5-12(19)9-13/h2-11H,1H3,(H,23,24)(H,20,21,22). The molecule has 0 spiro atoms. The third-order valence-electron chi connectivity index (χ3n) is 3.35. The van der Waals surface area contributed by atoms with Gasteiger partial charge in [0.1, 0.15) is 23.6 Å². The number of aromatic nitrogens is 2. The van der Waals surface area contributed by atoms with Crippen LogP contribution >= 0.6 is 11.6 Å². The van der Waals surface area contributed by atoms with Crippen LogP contribution in [0.1, 0.15) is 10.5 Å². The fourth-order valence-electron chi connectivity index (χ4n) is 2.20. The average Bonchev–Trinajstić information content (AvgIpc) is 2.62. The van der Waals surface area contributed by atoms with Gasteiger partial charge in [-0.25, -0.2) is 9.97 Å². The van der Waals surface area contributed by atoms with Gasteiger partial charge in [-0.3, -0.25) is 4.79 Å². The van der Waals surface area contributed by atoms with Gasteiger partial charge >= 0.3 is 0 Å². The predicted molar refractivity (Wildman–Crippen MR) is 97.7 cm³/mol. The first-order chi connectivity index (χ1) is 12.2. The number of nitrogens with one attached hydrogen (secondary N) is 2. The first-order valence-electron chi connectivity index (χ1n) is 7.45. The summed E-state index contributed by atoms with van der Waals surface area (Å²) in [6.07, 6.45) is 1.32. The van der Waals surface area contributed by atoms with Crippen LogP contribution in [-0.4, -0.2) is 23.0 Å². The summed E-state index contributed by atoms with van der Waals surface area (Å²) in [4.78, 5) is 20.6. The van der Waals surface area contributed by atoms with E-state index in [1.165, 1.54) is 6.33 Å². The van der Waals surface area contributed by atoms with Gasteiger partial charge < -0.3 is 15.4 Å². The van der Waals surface area contributed by atoms with E-state index in [9.17, 15) is 4.79 Å². The van der Waals surface area contributed by atoms with Crippen LogP contribution in [0.4, 0.5) is 17.2 Å². The van der Waals surface area contributed by atoms with Crippen molar-refractivity contribution in [2.75, 3.05) is 17.7 Å². The summed E-state index contributed by atoms with van der Waals surface area (Å²) in [6.45, 7) is 0. The summed E-state index contributed by atoms with van der Waals surface area (Å²) in [7, 11) is 1.54. The zero-order valence-corrected chi connectivity index (χ0v) is 14.1. The average molecular weight is 355 g/mol. The van der Waals surface area contributed by atoms with E-state index in [-0.39, 0.29) is 11.6 Å². The molecule has 0 aliphatic rings. The highest BCUT2D eigenvalue weighted by atomic mass is 35.5. The van der Waals surface area contributed by atoms with Crippen LogP contribution in [-0.2, 0) is 0 Å². The van der Waals surface area contributed by atoms with E-state index in [0.717, 1.165) is 5.69 Å². The summed E-state index contributed by atoms with van der Waals surface area (Å²) in [5.74, 6) is 0.700. The maximum absolute atomic E-state index is 12.4. The smallest absolute Gasteiger partial charge is 0.274 e. The Morgan fingerprint density at radius 3 is 2.72 bits per heavy atom. The Balaban J connectivity index is 1.77. The van der Waals surface area contributed by atoms with Gasteiger partial charge in [-0.2, -0.15) is 0 Å². The van der Waals surface area contributed by atoms with Crippen molar-refractivity contribution < 1.29 is 9.53 Å². The van der Waals surface area contributed by atoms with Crippen LogP contribution in [0.25, 0.3) is 0 Å². The SMILES string of the molecule is COc1ccccc1NC(=O)c1cc(Nc2cccc(Cl)c2)ncn1. The molecule has 0 radical (unpaired) electrons. The van der Waals surface area contributed by atoms with E-state index in [0.29, 0.717) is 22.3 Å². The molecule has 126 valence electrons. The number of carbonyl (C=O) groups is 1. The molecule has 0 atom stereocenters. The number of halogens is 1. The monoisotopic (exact) mass is 354 g/mol. The number of amides is 1. The molecule has 0 aliphatic carbocycles. The molecular weight excluding hydrogens is 340 g/mol. The zero-order chi connectivity index (χ0) is 17.6. The molecule has 6 nitrogen and oxygen atoms in total. The van der Waals surface area contributed by atoms with E-state index in [1.54, 1.807) is 37.4 Å². The molecule has 0 saturated heterocycles. The van der Waals surface area contributed by atoms with Crippen LogP contribution < -0.4 is 15.4 Å². The second-order valence-corrected chi connectivity index (χ2v) is 5.51. The van der Waals surface area contributed by atoms with Crippen molar-refractivity contribution in [2.24, 2.45) is 0 Å². The van der Waals surface area contributed by atoms with E-state index in [4.69, 9.17) is 16.3 Å². The lowest BCUT2D eigenvalue weighted by molar-refractivity contribution is 0.102. The summed E-state index contributed by atoms with van der Waals surface area (Å²) in [5, 5.41) is 6.47. The zero-order valence-electron chi connectivity index (χ0n) is 13.4. The molecule has 1 heterocycles. The first-order valence-corrected chi connectivity index (χ1v) is 7.82. The lowest BCUT2D eigenvalue weighted by Gasteiger charge is -2.10. The molecule has 2 aromatic carbocycles. The lowest BCUT2D eigenvalue weighted by atomic mass is 10.2. The van der Waals surface area contributed by atoms with E-state index in [2.05, 4.69) is 20.6 Å². The molecule has 3 rings (SSSR count). The highest BCUT2D eigenvalue weighted by Gasteiger charge is 2.12. The van der Waals surface area contributed by atoms with Gasteiger partial charge in [0.25, 0.3) is 5.91 Å². The first kappa shape index (κ1) is 16.7. The van der Waals surface area contributed by atoms with Gasteiger partial charge in [0.15, 0.2) is 0 Å². The normalized spacial score (nSPS) is 10.2. The second-order valence-electron chi connectivity index (χ2n) is 5.08. The van der Waals surface area contributed by atoms with Crippen molar-refractivity contribution in [1.82, 2.24) is 9.97 Å². The molecular formula is C18H15ClN4O2. The number of carbonyl (C=O) groups excluding carboxylic acids is 1. The second kappa shape index (κ2) is 7.63. The molecule has 1 amide bonds. The third kappa shape index (κ3) is 4.24. The molecule has 3 aromatic rings. The maximum atomic E-state index is 12.4. The minimum Gasteiger partial charge on any atom is -0.495 e. The van der Waals surface area contributed by atoms with Crippen molar-refractivity contribution in [3.8, 4) is 5.75 Å². The quantitative estimate of drug-likeness (QED) is 0.720. The summed E-state index contributed by atoms with van der Waals surface area (Å²) < 4.78 is 5.22. The molecule has 7 heteroatoms. The Hall–Kier alpha value is -3.12. The lowest BCUT2D eigenvalue weighted by Crippen LogP contribution is -2.15. The van der Waals surface area contributed by atoms with E-state index < -0.39 is 0 Å². The Morgan fingerprint density at radius 2 is 1.92 bits per heavy atom. The number of hydrogen-bond donors (Lipinski definition) is 2. The largest absolute Gasteiger partial charge is 0.495 e. The Labute approximate surface area is 149 Å². The number of benzene rings is 2. The van der Waals surface area contributed by atoms with Crippen LogP contribution in [0.15, 0.2) is 60.9 Å². The number of anilines is 3. The van der Waals surface area contributed by atoms with E-state index >= 15 is 0 Å². The molecule has 0 bridgehead atoms. The number of nitrogens with zero attached hydrogens (tertiary/aromatic N) is 2. The van der Waals surface area contributed by atoms with Crippen LogP contribution in [0.5, 0.6) is 5.75 Å². The minimum atomic E-state index is -0.360. The fraction of sp³-hybridized carbons (Fsp3) is 0.0556. The molecule has 2 N–H and O–H groups in total. The van der Waals surface area contributed by atoms with Crippen molar-refractivity contribution in [3.63, 3.8) is 0 Å².